The molecule has 0 heterocycles. The first kappa shape index (κ1) is 40.0. The van der Waals surface area contributed by atoms with Gasteiger partial charge in [0.25, 0.3) is 0 Å². The summed E-state index contributed by atoms with van der Waals surface area (Å²) in [5.74, 6) is -0.551. The zero-order chi connectivity index (χ0) is 35.8. The number of Topliss-reactive ketones (excluding diaryl/α,β-unsaturated/α-hetero) is 2. The van der Waals surface area contributed by atoms with Crippen molar-refractivity contribution in [2.45, 2.75) is 0 Å². The fourth-order valence-corrected chi connectivity index (χ4v) is 6.76. The summed E-state index contributed by atoms with van der Waals surface area (Å²) in [6, 6.07) is 21.7. The van der Waals surface area contributed by atoms with Crippen LogP contribution in [0.4, 0.5) is 11.4 Å². The first-order valence-electron chi connectivity index (χ1n) is 14.5. The number of allylic oxidation sites excluding steroid dienone is 2. The molecule has 0 saturated heterocycles. The van der Waals surface area contributed by atoms with Crippen LogP contribution in [0.2, 0.25) is 0 Å². The van der Waals surface area contributed by atoms with Gasteiger partial charge in [-0.3, -0.25) is 20.4 Å². The van der Waals surface area contributed by atoms with Gasteiger partial charge in [0.1, 0.15) is 43.2 Å². The van der Waals surface area contributed by atoms with Gasteiger partial charge in [0.05, 0.1) is 35.4 Å². The maximum absolute atomic E-state index is 13.0. The van der Waals surface area contributed by atoms with E-state index in [-0.39, 0.29) is 71.4 Å². The number of fused-ring (bicyclic) bond motifs is 2. The van der Waals surface area contributed by atoms with Crippen molar-refractivity contribution in [2.24, 2.45) is 10.2 Å². The van der Waals surface area contributed by atoms with E-state index in [4.69, 9.17) is 9.47 Å². The molecule has 0 spiro atoms. The van der Waals surface area contributed by atoms with Gasteiger partial charge in [0, 0.05) is 22.3 Å². The zero-order valence-electron chi connectivity index (χ0n) is 28.0. The van der Waals surface area contributed by atoms with E-state index in [2.05, 4.69) is 21.1 Å². The summed E-state index contributed by atoms with van der Waals surface area (Å²) in [4.78, 5) is 24.9. The van der Waals surface area contributed by atoms with Crippen molar-refractivity contribution in [3.8, 4) is 22.6 Å². The Morgan fingerprint density at radius 2 is 0.904 bits per heavy atom. The predicted octanol–water partition coefficient (Wildman–Crippen LogP) is -1.52. The first-order valence-corrected chi connectivity index (χ1v) is 17.3. The molecule has 0 unspecified atom stereocenters. The second-order valence-corrected chi connectivity index (χ2v) is 13.4. The van der Waals surface area contributed by atoms with Crippen LogP contribution in [0.25, 0.3) is 20.9 Å². The van der Waals surface area contributed by atoms with Gasteiger partial charge in [-0.05, 0) is 47.5 Å². The third-order valence-electron chi connectivity index (χ3n) is 7.74. The summed E-state index contributed by atoms with van der Waals surface area (Å²) in [7, 11) is -7.00. The number of hydrazone groups is 2. The molecule has 18 heteroatoms. The second-order valence-electron chi connectivity index (χ2n) is 10.7. The van der Waals surface area contributed by atoms with Crippen molar-refractivity contribution in [2.75, 3.05) is 25.1 Å². The van der Waals surface area contributed by atoms with E-state index in [1.165, 1.54) is 50.6 Å². The van der Waals surface area contributed by atoms with Crippen molar-refractivity contribution >= 4 is 64.4 Å². The van der Waals surface area contributed by atoms with Crippen LogP contribution in [0.1, 0.15) is 31.8 Å². The quantitative estimate of drug-likeness (QED) is 0.114. The number of hydrogen-bond donors (Lipinski definition) is 2. The van der Waals surface area contributed by atoms with Gasteiger partial charge >= 0.3 is 37.7 Å². The van der Waals surface area contributed by atoms with E-state index in [1.807, 2.05) is 0 Å². The Morgan fingerprint density at radius 1 is 0.558 bits per heavy atom. The molecule has 0 radical (unpaired) electrons. The molecular formula is C34H24Li2N4O10S2. The standard InChI is InChI=1S/C34H26N4O10S2.2Li/c1-47-29-15-19(11-13-25(29)35-37-27-17-31(49(41,42)43)21-7-3-5-9-23(21)33(27)39)20-12-14-26(30(16-20)48-2)36-38-28-18-32(50(44,45)46)22-8-4-6-10-24(22)34(28)40;;/h3-18,35-36H,1-2H3,(H,41,42,43)(H,44,45,46);;/q;2*+1/p-2/b37-27-,38-28-;;. The number of carbonyl (C=O) groups excluding carboxylic acids is 2. The SMILES string of the molecule is COc1cc(-c2ccc(N/N=C3/C=C(S(=O)(=O)[O-])c4ccccc4C3=O)c(OC)c2)ccc1N/N=C1/C=C(S(=O)(=O)[O-])c2ccccc2C1=O.[Li+].[Li+]. The van der Waals surface area contributed by atoms with Crippen LogP contribution in [0.15, 0.2) is 107 Å². The molecule has 254 valence electrons. The van der Waals surface area contributed by atoms with Crippen LogP contribution >= 0.6 is 0 Å². The number of hydrogen-bond acceptors (Lipinski definition) is 14. The number of rotatable bonds is 9. The van der Waals surface area contributed by atoms with Gasteiger partial charge in [-0.15, -0.1) is 0 Å². The summed E-state index contributed by atoms with van der Waals surface area (Å²) >= 11 is 0. The Bertz CT molecular complexity index is 2290. The van der Waals surface area contributed by atoms with Crippen molar-refractivity contribution in [3.63, 3.8) is 0 Å². The molecule has 14 nitrogen and oxygen atoms in total. The summed E-state index contributed by atoms with van der Waals surface area (Å²) in [6.07, 6.45) is 1.86. The van der Waals surface area contributed by atoms with Crippen molar-refractivity contribution < 1.29 is 82.7 Å². The molecule has 0 atom stereocenters. The van der Waals surface area contributed by atoms with Gasteiger partial charge < -0.3 is 18.6 Å². The molecule has 4 aromatic carbocycles. The van der Waals surface area contributed by atoms with Crippen molar-refractivity contribution in [1.82, 2.24) is 0 Å². The second kappa shape index (κ2) is 15.9. The van der Waals surface area contributed by atoms with Crippen LogP contribution in [0, 0.1) is 0 Å². The largest absolute Gasteiger partial charge is 1.00 e. The van der Waals surface area contributed by atoms with Crippen molar-refractivity contribution in [1.29, 1.82) is 0 Å². The van der Waals surface area contributed by atoms with Crippen LogP contribution in [0.3, 0.4) is 0 Å². The summed E-state index contributed by atoms with van der Waals surface area (Å²) in [5.41, 5.74) is 6.86. The molecule has 0 aliphatic heterocycles. The fraction of sp³-hybridized carbons (Fsp3) is 0.0588. The monoisotopic (exact) mass is 726 g/mol. The molecule has 0 aromatic heterocycles. The van der Waals surface area contributed by atoms with Gasteiger partial charge in [-0.25, -0.2) is 16.8 Å². The summed E-state index contributed by atoms with van der Waals surface area (Å²) < 4.78 is 82.6. The first-order chi connectivity index (χ1) is 23.8. The smallest absolute Gasteiger partial charge is 0.744 e. The van der Waals surface area contributed by atoms with E-state index in [9.17, 15) is 35.5 Å². The zero-order valence-corrected chi connectivity index (χ0v) is 29.7. The van der Waals surface area contributed by atoms with Crippen LogP contribution in [-0.2, 0) is 20.2 Å². The van der Waals surface area contributed by atoms with Gasteiger partial charge in [-0.1, -0.05) is 60.7 Å². The number of methoxy groups -OCH3 is 2. The Morgan fingerprint density at radius 3 is 1.23 bits per heavy atom. The molecule has 52 heavy (non-hydrogen) atoms. The van der Waals surface area contributed by atoms with Gasteiger partial charge in [-0.2, -0.15) is 10.2 Å². The molecule has 2 aliphatic rings. The normalized spacial score (nSPS) is 15.3. The number of nitrogens with one attached hydrogen (secondary N) is 2. The third kappa shape index (κ3) is 8.00. The average Bonchev–Trinajstić information content (AvgIpc) is 3.10. The summed E-state index contributed by atoms with van der Waals surface area (Å²) in [6.45, 7) is 0. The molecule has 6 rings (SSSR count). The van der Waals surface area contributed by atoms with E-state index >= 15 is 0 Å². The Kier molecular flexibility index (Phi) is 12.2. The predicted molar refractivity (Wildman–Crippen MR) is 184 cm³/mol. The Hall–Kier alpha value is -4.75. The van der Waals surface area contributed by atoms with E-state index < -0.39 is 41.6 Å². The Labute approximate surface area is 322 Å². The molecule has 0 bridgehead atoms. The molecular weight excluding hydrogens is 702 g/mol. The van der Waals surface area contributed by atoms with Crippen LogP contribution < -0.4 is 58.0 Å². The number of ketones is 2. The average molecular weight is 727 g/mol. The minimum absolute atomic E-state index is 0. The van der Waals surface area contributed by atoms with Gasteiger partial charge in [0.15, 0.2) is 0 Å². The number of benzene rings is 4. The van der Waals surface area contributed by atoms with Crippen LogP contribution in [0.5, 0.6) is 11.5 Å². The Balaban J connectivity index is 0.00000302. The number of ether oxygens (including phenoxy) is 2. The maximum atomic E-state index is 13.0. The molecule has 0 saturated carbocycles. The third-order valence-corrected chi connectivity index (χ3v) is 9.50. The van der Waals surface area contributed by atoms with E-state index in [0.29, 0.717) is 34.0 Å². The topological polar surface area (TPSA) is 216 Å². The fourth-order valence-electron chi connectivity index (χ4n) is 5.35. The number of nitrogens with zero attached hydrogens (tertiary/aromatic N) is 2. The molecule has 2 N–H and O–H groups in total. The summed E-state index contributed by atoms with van der Waals surface area (Å²) in [5, 5.41) is 8.16. The van der Waals surface area contributed by atoms with E-state index in [1.54, 1.807) is 48.5 Å². The van der Waals surface area contributed by atoms with Gasteiger partial charge in [0.2, 0.25) is 11.6 Å². The maximum Gasteiger partial charge on any atom is 1.00 e. The molecule has 0 fully saturated rings. The van der Waals surface area contributed by atoms with Crippen LogP contribution in [-0.4, -0.2) is 63.2 Å². The minimum atomic E-state index is -4.91. The van der Waals surface area contributed by atoms with Crippen molar-refractivity contribution in [3.05, 3.63) is 119 Å². The number of carbonyl (C=O) groups is 2. The molecule has 2 aliphatic carbocycles. The number of anilines is 2. The molecule has 4 aromatic rings. The minimum Gasteiger partial charge on any atom is -0.744 e. The molecule has 0 amide bonds. The van der Waals surface area contributed by atoms with E-state index in [0.717, 1.165) is 12.2 Å².